The molecule has 5 nitrogen and oxygen atoms in total. The zero-order chi connectivity index (χ0) is 18.4. The molecule has 2 heterocycles. The Balaban J connectivity index is 0.00000210. The largest absolute Gasteiger partial charge is 0.433 e. The first kappa shape index (κ1) is 19.7. The molecule has 1 aromatic carbocycles. The van der Waals surface area contributed by atoms with E-state index in [0.29, 0.717) is 23.8 Å². The topological polar surface area (TPSA) is 59.0 Å². The van der Waals surface area contributed by atoms with E-state index in [1.165, 1.54) is 12.1 Å². The van der Waals surface area contributed by atoms with Gasteiger partial charge in [0.15, 0.2) is 0 Å². The van der Waals surface area contributed by atoms with Crippen LogP contribution in [0.5, 0.6) is 0 Å². The van der Waals surface area contributed by atoms with Crippen LogP contribution in [0.15, 0.2) is 36.5 Å². The van der Waals surface area contributed by atoms with E-state index in [-0.39, 0.29) is 23.7 Å². The van der Waals surface area contributed by atoms with E-state index >= 15 is 0 Å². The van der Waals surface area contributed by atoms with Crippen LogP contribution in [0, 0.1) is 11.3 Å². The Hall–Kier alpha value is -2.06. The Bertz CT molecular complexity index is 809. The van der Waals surface area contributed by atoms with E-state index in [2.05, 4.69) is 15.7 Å². The molecule has 1 aromatic heterocycles. The Morgan fingerprint density at radius 1 is 1.26 bits per heavy atom. The number of carbonyl (C=O) groups is 1. The van der Waals surface area contributed by atoms with Crippen LogP contribution in [0.3, 0.4) is 0 Å². The third-order valence-electron chi connectivity index (χ3n) is 5.54. The molecule has 1 aliphatic heterocycles. The number of fused-ring (bicyclic) bond motifs is 1. The summed E-state index contributed by atoms with van der Waals surface area (Å²) in [6.45, 7) is 1.55. The Labute approximate surface area is 160 Å². The number of anilines is 1. The second-order valence-electron chi connectivity index (χ2n) is 7.00. The number of alkyl halides is 3. The number of nitrogens with zero attached hydrogens (tertiary/aromatic N) is 2. The van der Waals surface area contributed by atoms with Gasteiger partial charge in [-0.3, -0.25) is 4.79 Å². The predicted octanol–water partition coefficient (Wildman–Crippen LogP) is 3.64. The first-order chi connectivity index (χ1) is 12.4. The summed E-state index contributed by atoms with van der Waals surface area (Å²) in [6.07, 6.45) is -0.381. The molecule has 1 amide bonds. The van der Waals surface area contributed by atoms with Crippen LogP contribution in [0.25, 0.3) is 5.69 Å². The van der Waals surface area contributed by atoms with Crippen molar-refractivity contribution in [3.8, 4) is 5.69 Å². The molecule has 2 aliphatic rings. The van der Waals surface area contributed by atoms with Crippen molar-refractivity contribution in [3.05, 3.63) is 42.2 Å². The standard InChI is InChI=1S/C18H19F3N4O.ClH/c19-18(20,21)15-7-9-23-25(15)14-5-3-13(4-6-14)24-16(26)17-8-1-2-12(17)10-22-11-17;/h3-7,9,12,22H,1-2,8,10-11H2,(H,24,26);1H/t12-,17-;/m1./s1. The Morgan fingerprint density at radius 3 is 2.70 bits per heavy atom. The lowest BCUT2D eigenvalue weighted by molar-refractivity contribution is -0.142. The highest BCUT2D eigenvalue weighted by Crippen LogP contribution is 2.46. The van der Waals surface area contributed by atoms with Crippen molar-refractivity contribution in [1.29, 1.82) is 0 Å². The fourth-order valence-electron chi connectivity index (χ4n) is 4.19. The molecule has 0 radical (unpaired) electrons. The average molecular weight is 401 g/mol. The normalized spacial score (nSPS) is 24.3. The molecule has 146 valence electrons. The van der Waals surface area contributed by atoms with Gasteiger partial charge in [-0.2, -0.15) is 18.3 Å². The summed E-state index contributed by atoms with van der Waals surface area (Å²) in [6, 6.07) is 7.20. The summed E-state index contributed by atoms with van der Waals surface area (Å²) < 4.78 is 39.8. The van der Waals surface area contributed by atoms with Crippen LogP contribution >= 0.6 is 12.4 Å². The zero-order valence-electron chi connectivity index (χ0n) is 14.4. The van der Waals surface area contributed by atoms with Gasteiger partial charge in [0.1, 0.15) is 5.69 Å². The molecule has 1 aliphatic carbocycles. The van der Waals surface area contributed by atoms with Crippen LogP contribution in [0.1, 0.15) is 25.0 Å². The van der Waals surface area contributed by atoms with E-state index in [9.17, 15) is 18.0 Å². The highest BCUT2D eigenvalue weighted by molar-refractivity contribution is 5.96. The molecule has 9 heteroatoms. The van der Waals surface area contributed by atoms with Crippen LogP contribution in [-0.2, 0) is 11.0 Å². The lowest BCUT2D eigenvalue weighted by Gasteiger charge is -2.26. The SMILES string of the molecule is Cl.O=C(Nc1ccc(-n2nccc2C(F)(F)F)cc1)[C@@]12CCC[C@@H]1CNC2. The number of hydrogen-bond donors (Lipinski definition) is 2. The van der Waals surface area contributed by atoms with E-state index < -0.39 is 11.9 Å². The lowest BCUT2D eigenvalue weighted by atomic mass is 9.80. The van der Waals surface area contributed by atoms with E-state index in [4.69, 9.17) is 0 Å². The van der Waals surface area contributed by atoms with Gasteiger partial charge in [-0.25, -0.2) is 4.68 Å². The minimum Gasteiger partial charge on any atom is -0.326 e. The molecule has 0 bridgehead atoms. The van der Waals surface area contributed by atoms with Crippen LogP contribution in [0.2, 0.25) is 0 Å². The lowest BCUT2D eigenvalue weighted by Crippen LogP contribution is -2.39. The monoisotopic (exact) mass is 400 g/mol. The number of hydrogen-bond acceptors (Lipinski definition) is 3. The Morgan fingerprint density at radius 2 is 2.00 bits per heavy atom. The molecule has 1 saturated carbocycles. The van der Waals surface area contributed by atoms with Crippen molar-refractivity contribution in [3.63, 3.8) is 0 Å². The molecule has 2 fully saturated rings. The number of halogens is 4. The molecular formula is C18H20ClF3N4O. The fourth-order valence-corrected chi connectivity index (χ4v) is 4.19. The van der Waals surface area contributed by atoms with E-state index in [1.807, 2.05) is 0 Å². The first-order valence-electron chi connectivity index (χ1n) is 8.64. The van der Waals surface area contributed by atoms with E-state index in [0.717, 1.165) is 42.8 Å². The van der Waals surface area contributed by atoms with Gasteiger partial charge in [0, 0.05) is 12.2 Å². The molecule has 0 unspecified atom stereocenters. The van der Waals surface area contributed by atoms with Crippen molar-refractivity contribution in [2.75, 3.05) is 18.4 Å². The minimum absolute atomic E-state index is 0. The molecule has 1 saturated heterocycles. The van der Waals surface area contributed by atoms with Crippen molar-refractivity contribution < 1.29 is 18.0 Å². The van der Waals surface area contributed by atoms with Crippen molar-refractivity contribution in [2.45, 2.75) is 25.4 Å². The summed E-state index contributed by atoms with van der Waals surface area (Å²) in [5, 5.41) is 9.98. The molecule has 2 atom stereocenters. The molecule has 2 aromatic rings. The number of amides is 1. The highest BCUT2D eigenvalue weighted by Gasteiger charge is 2.51. The number of carbonyl (C=O) groups excluding carboxylic acids is 1. The predicted molar refractivity (Wildman–Crippen MR) is 97.1 cm³/mol. The Kier molecular flexibility index (Phi) is 5.22. The molecule has 4 rings (SSSR count). The third-order valence-corrected chi connectivity index (χ3v) is 5.54. The summed E-state index contributed by atoms with van der Waals surface area (Å²) in [7, 11) is 0. The van der Waals surface area contributed by atoms with Gasteiger partial charge in [0.2, 0.25) is 5.91 Å². The fraction of sp³-hybridized carbons (Fsp3) is 0.444. The van der Waals surface area contributed by atoms with Crippen LogP contribution in [-0.4, -0.2) is 28.8 Å². The maximum Gasteiger partial charge on any atom is 0.433 e. The molecule has 2 N–H and O–H groups in total. The van der Waals surface area contributed by atoms with Gasteiger partial charge >= 0.3 is 6.18 Å². The van der Waals surface area contributed by atoms with Crippen molar-refractivity contribution in [2.24, 2.45) is 11.3 Å². The number of rotatable bonds is 3. The second-order valence-corrected chi connectivity index (χ2v) is 7.00. The van der Waals surface area contributed by atoms with Gasteiger partial charge in [-0.05, 0) is 55.6 Å². The molecule has 0 spiro atoms. The number of nitrogens with one attached hydrogen (secondary N) is 2. The molecular weight excluding hydrogens is 381 g/mol. The van der Waals surface area contributed by atoms with Crippen molar-refractivity contribution in [1.82, 2.24) is 15.1 Å². The average Bonchev–Trinajstić information content (AvgIpc) is 3.30. The van der Waals surface area contributed by atoms with Gasteiger partial charge < -0.3 is 10.6 Å². The van der Waals surface area contributed by atoms with Gasteiger partial charge in [-0.15, -0.1) is 12.4 Å². The highest BCUT2D eigenvalue weighted by atomic mass is 35.5. The zero-order valence-corrected chi connectivity index (χ0v) is 15.2. The summed E-state index contributed by atoms with van der Waals surface area (Å²) in [5.41, 5.74) is -0.324. The quantitative estimate of drug-likeness (QED) is 0.827. The minimum atomic E-state index is -4.48. The maximum absolute atomic E-state index is 13.0. The summed E-state index contributed by atoms with van der Waals surface area (Å²) in [5.74, 6) is 0.355. The van der Waals surface area contributed by atoms with Gasteiger partial charge in [0.05, 0.1) is 17.3 Å². The smallest absolute Gasteiger partial charge is 0.326 e. The van der Waals surface area contributed by atoms with Gasteiger partial charge in [-0.1, -0.05) is 6.42 Å². The maximum atomic E-state index is 13.0. The van der Waals surface area contributed by atoms with E-state index in [1.54, 1.807) is 12.1 Å². The van der Waals surface area contributed by atoms with Crippen molar-refractivity contribution >= 4 is 24.0 Å². The summed E-state index contributed by atoms with van der Waals surface area (Å²) in [4.78, 5) is 12.8. The van der Waals surface area contributed by atoms with Crippen LogP contribution in [0.4, 0.5) is 18.9 Å². The van der Waals surface area contributed by atoms with Gasteiger partial charge in [0.25, 0.3) is 0 Å². The number of benzene rings is 1. The second kappa shape index (κ2) is 7.16. The summed E-state index contributed by atoms with van der Waals surface area (Å²) >= 11 is 0. The van der Waals surface area contributed by atoms with Crippen LogP contribution < -0.4 is 10.6 Å². The molecule has 27 heavy (non-hydrogen) atoms. The number of aromatic nitrogens is 2. The third kappa shape index (κ3) is 3.43. The first-order valence-corrected chi connectivity index (χ1v) is 8.64.